The average molecular weight is 332 g/mol. The van der Waals surface area contributed by atoms with Gasteiger partial charge in [-0.1, -0.05) is 32.0 Å². The SMILES string of the molecule is CC[C@H](C)c1ccc(N(C)c2ccc(Oc3ccccn3)cc2)cc1. The van der Waals surface area contributed by atoms with Gasteiger partial charge < -0.3 is 9.64 Å². The molecule has 1 aromatic heterocycles. The molecule has 3 nitrogen and oxygen atoms in total. The lowest BCUT2D eigenvalue weighted by Crippen LogP contribution is -2.09. The lowest BCUT2D eigenvalue weighted by atomic mass is 9.98. The van der Waals surface area contributed by atoms with Crippen molar-refractivity contribution in [2.75, 3.05) is 11.9 Å². The quantitative estimate of drug-likeness (QED) is 0.541. The fourth-order valence-electron chi connectivity index (χ4n) is 2.68. The van der Waals surface area contributed by atoms with Crippen LogP contribution in [0, 0.1) is 0 Å². The number of pyridine rings is 1. The van der Waals surface area contributed by atoms with Crippen molar-refractivity contribution in [3.63, 3.8) is 0 Å². The molecule has 0 fully saturated rings. The van der Waals surface area contributed by atoms with Crippen molar-refractivity contribution in [3.05, 3.63) is 78.5 Å². The van der Waals surface area contributed by atoms with Crippen molar-refractivity contribution in [2.24, 2.45) is 0 Å². The molecule has 0 unspecified atom stereocenters. The van der Waals surface area contributed by atoms with E-state index >= 15 is 0 Å². The molecule has 2 aromatic carbocycles. The highest BCUT2D eigenvalue weighted by Gasteiger charge is 2.07. The highest BCUT2D eigenvalue weighted by atomic mass is 16.5. The zero-order valence-corrected chi connectivity index (χ0v) is 15.0. The van der Waals surface area contributed by atoms with E-state index in [-0.39, 0.29) is 0 Å². The normalized spacial score (nSPS) is 11.8. The van der Waals surface area contributed by atoms with Crippen molar-refractivity contribution in [3.8, 4) is 11.6 Å². The summed E-state index contributed by atoms with van der Waals surface area (Å²) in [6.07, 6.45) is 2.88. The van der Waals surface area contributed by atoms with E-state index in [0.29, 0.717) is 11.8 Å². The number of ether oxygens (including phenoxy) is 1. The smallest absolute Gasteiger partial charge is 0.219 e. The third-order valence-electron chi connectivity index (χ3n) is 4.55. The van der Waals surface area contributed by atoms with Crippen LogP contribution in [0.5, 0.6) is 11.6 Å². The number of hydrogen-bond acceptors (Lipinski definition) is 3. The van der Waals surface area contributed by atoms with Gasteiger partial charge in [0.1, 0.15) is 5.75 Å². The molecule has 0 aliphatic heterocycles. The molecule has 0 bridgehead atoms. The van der Waals surface area contributed by atoms with Crippen LogP contribution in [0.4, 0.5) is 11.4 Å². The molecule has 3 heteroatoms. The molecular formula is C22H24N2O. The Kier molecular flexibility index (Phi) is 5.34. The number of rotatable bonds is 6. The van der Waals surface area contributed by atoms with E-state index in [1.807, 2.05) is 30.3 Å². The Morgan fingerprint density at radius 1 is 0.920 bits per heavy atom. The van der Waals surface area contributed by atoms with Crippen LogP contribution < -0.4 is 9.64 Å². The zero-order valence-electron chi connectivity index (χ0n) is 15.0. The van der Waals surface area contributed by atoms with Gasteiger partial charge in [-0.3, -0.25) is 0 Å². The van der Waals surface area contributed by atoms with Crippen LogP contribution in [0.25, 0.3) is 0 Å². The summed E-state index contributed by atoms with van der Waals surface area (Å²) in [6.45, 7) is 4.48. The van der Waals surface area contributed by atoms with E-state index < -0.39 is 0 Å². The standard InChI is InChI=1S/C22H24N2O/c1-4-17(2)18-8-10-19(11-9-18)24(3)20-12-14-21(15-13-20)25-22-7-5-6-16-23-22/h5-17H,4H2,1-3H3/t17-/m0/s1. The Bertz CT molecular complexity index is 783. The Morgan fingerprint density at radius 3 is 2.12 bits per heavy atom. The summed E-state index contributed by atoms with van der Waals surface area (Å²) in [6, 6.07) is 22.5. The first-order valence-electron chi connectivity index (χ1n) is 8.70. The van der Waals surface area contributed by atoms with Gasteiger partial charge in [0.25, 0.3) is 0 Å². The second-order valence-corrected chi connectivity index (χ2v) is 6.22. The average Bonchev–Trinajstić information content (AvgIpc) is 2.68. The Balaban J connectivity index is 1.71. The van der Waals surface area contributed by atoms with Crippen molar-refractivity contribution in [2.45, 2.75) is 26.2 Å². The Labute approximate surface area is 149 Å². The minimum Gasteiger partial charge on any atom is -0.439 e. The largest absolute Gasteiger partial charge is 0.439 e. The summed E-state index contributed by atoms with van der Waals surface area (Å²) < 4.78 is 5.74. The van der Waals surface area contributed by atoms with Gasteiger partial charge >= 0.3 is 0 Å². The van der Waals surface area contributed by atoms with E-state index in [0.717, 1.165) is 17.9 Å². The van der Waals surface area contributed by atoms with E-state index in [2.05, 4.69) is 67.2 Å². The number of benzene rings is 2. The fourth-order valence-corrected chi connectivity index (χ4v) is 2.68. The summed E-state index contributed by atoms with van der Waals surface area (Å²) in [4.78, 5) is 6.35. The molecule has 0 aliphatic carbocycles. The summed E-state index contributed by atoms with van der Waals surface area (Å²) in [5, 5.41) is 0. The highest BCUT2D eigenvalue weighted by Crippen LogP contribution is 2.28. The minimum atomic E-state index is 0.599. The maximum Gasteiger partial charge on any atom is 0.219 e. The predicted molar refractivity (Wildman–Crippen MR) is 104 cm³/mol. The van der Waals surface area contributed by atoms with Gasteiger partial charge in [0.2, 0.25) is 5.88 Å². The summed E-state index contributed by atoms with van der Waals surface area (Å²) in [5.41, 5.74) is 3.67. The molecule has 128 valence electrons. The summed E-state index contributed by atoms with van der Waals surface area (Å²) in [7, 11) is 2.08. The maximum absolute atomic E-state index is 5.74. The van der Waals surface area contributed by atoms with Gasteiger partial charge in [0.15, 0.2) is 0 Å². The number of aromatic nitrogens is 1. The molecule has 1 atom stereocenters. The fraction of sp³-hybridized carbons (Fsp3) is 0.227. The van der Waals surface area contributed by atoms with E-state index in [1.54, 1.807) is 6.20 Å². The molecule has 25 heavy (non-hydrogen) atoms. The Morgan fingerprint density at radius 2 is 1.56 bits per heavy atom. The first-order valence-corrected chi connectivity index (χ1v) is 8.70. The summed E-state index contributed by atoms with van der Waals surface area (Å²) >= 11 is 0. The highest BCUT2D eigenvalue weighted by molar-refractivity contribution is 5.63. The van der Waals surface area contributed by atoms with Gasteiger partial charge in [0.05, 0.1) is 0 Å². The van der Waals surface area contributed by atoms with E-state index in [1.165, 1.54) is 11.3 Å². The van der Waals surface area contributed by atoms with Crippen LogP contribution in [0.2, 0.25) is 0 Å². The minimum absolute atomic E-state index is 0.599. The number of hydrogen-bond donors (Lipinski definition) is 0. The van der Waals surface area contributed by atoms with Gasteiger partial charge in [-0.25, -0.2) is 4.98 Å². The van der Waals surface area contributed by atoms with Crippen LogP contribution >= 0.6 is 0 Å². The van der Waals surface area contributed by atoms with Crippen molar-refractivity contribution in [1.82, 2.24) is 4.98 Å². The Hall–Kier alpha value is -2.81. The molecule has 0 radical (unpaired) electrons. The monoisotopic (exact) mass is 332 g/mol. The van der Waals surface area contributed by atoms with Crippen molar-refractivity contribution < 1.29 is 4.74 Å². The van der Waals surface area contributed by atoms with Crippen molar-refractivity contribution >= 4 is 11.4 Å². The van der Waals surface area contributed by atoms with E-state index in [4.69, 9.17) is 4.74 Å². The molecule has 0 saturated heterocycles. The topological polar surface area (TPSA) is 25.4 Å². The first-order chi connectivity index (χ1) is 12.2. The molecule has 0 saturated carbocycles. The van der Waals surface area contributed by atoms with E-state index in [9.17, 15) is 0 Å². The maximum atomic E-state index is 5.74. The van der Waals surface area contributed by atoms with Gasteiger partial charge in [-0.2, -0.15) is 0 Å². The molecule has 3 aromatic rings. The lowest BCUT2D eigenvalue weighted by Gasteiger charge is -2.21. The molecule has 0 aliphatic rings. The number of anilines is 2. The zero-order chi connectivity index (χ0) is 17.6. The third-order valence-corrected chi connectivity index (χ3v) is 4.55. The first kappa shape index (κ1) is 17.0. The molecular weight excluding hydrogens is 308 g/mol. The van der Waals surface area contributed by atoms with Gasteiger partial charge in [-0.05, 0) is 60.4 Å². The van der Waals surface area contributed by atoms with Gasteiger partial charge in [-0.15, -0.1) is 0 Å². The van der Waals surface area contributed by atoms with Crippen LogP contribution in [0.1, 0.15) is 31.7 Å². The second-order valence-electron chi connectivity index (χ2n) is 6.22. The summed E-state index contributed by atoms with van der Waals surface area (Å²) in [5.74, 6) is 1.98. The number of nitrogens with zero attached hydrogens (tertiary/aromatic N) is 2. The molecule has 0 N–H and O–H groups in total. The molecule has 3 rings (SSSR count). The van der Waals surface area contributed by atoms with Crippen LogP contribution in [0.15, 0.2) is 72.9 Å². The molecule has 0 spiro atoms. The molecule has 0 amide bonds. The second kappa shape index (κ2) is 7.84. The lowest BCUT2D eigenvalue weighted by molar-refractivity contribution is 0.463. The third kappa shape index (κ3) is 4.18. The van der Waals surface area contributed by atoms with Crippen LogP contribution in [-0.2, 0) is 0 Å². The van der Waals surface area contributed by atoms with Gasteiger partial charge in [0, 0.05) is 30.7 Å². The molecule has 1 heterocycles. The van der Waals surface area contributed by atoms with Crippen LogP contribution in [-0.4, -0.2) is 12.0 Å². The van der Waals surface area contributed by atoms with Crippen molar-refractivity contribution in [1.29, 1.82) is 0 Å². The predicted octanol–water partition coefficient (Wildman–Crippen LogP) is 6.16. The van der Waals surface area contributed by atoms with Crippen LogP contribution in [0.3, 0.4) is 0 Å².